The van der Waals surface area contributed by atoms with Crippen LogP contribution in [0.4, 0.5) is 0 Å². The summed E-state index contributed by atoms with van der Waals surface area (Å²) in [4.78, 5) is 12.5. The molecule has 0 saturated heterocycles. The van der Waals surface area contributed by atoms with Gasteiger partial charge in [0.2, 0.25) is 5.91 Å². The van der Waals surface area contributed by atoms with Crippen molar-refractivity contribution in [2.75, 3.05) is 12.8 Å². The molecule has 0 bridgehead atoms. The Kier molecular flexibility index (Phi) is 5.26. The van der Waals surface area contributed by atoms with E-state index in [9.17, 15) is 4.79 Å². The number of carbonyl (C=O) groups is 1. The smallest absolute Gasteiger partial charge is 0.222 e. The molecule has 15 heavy (non-hydrogen) atoms. The molecule has 1 amide bonds. The Balaban J connectivity index is 2.25. The first-order valence-electron chi connectivity index (χ1n) is 5.13. The van der Waals surface area contributed by atoms with E-state index in [0.717, 1.165) is 12.2 Å². The van der Waals surface area contributed by atoms with Crippen LogP contribution in [-0.4, -0.2) is 18.7 Å². The largest absolute Gasteiger partial charge is 0.359 e. The van der Waals surface area contributed by atoms with E-state index >= 15 is 0 Å². The van der Waals surface area contributed by atoms with Gasteiger partial charge in [0.15, 0.2) is 0 Å². The number of thioether (sulfide) groups is 1. The summed E-state index contributed by atoms with van der Waals surface area (Å²) in [7, 11) is 1.68. The van der Waals surface area contributed by atoms with Crippen molar-refractivity contribution in [1.82, 2.24) is 5.32 Å². The third-order valence-electron chi connectivity index (χ3n) is 2.26. The molecule has 1 rings (SSSR count). The van der Waals surface area contributed by atoms with Gasteiger partial charge in [-0.3, -0.25) is 4.79 Å². The second kappa shape index (κ2) is 6.51. The first-order chi connectivity index (χ1) is 7.24. The van der Waals surface area contributed by atoms with Gasteiger partial charge >= 0.3 is 0 Å². The van der Waals surface area contributed by atoms with Gasteiger partial charge in [-0.2, -0.15) is 0 Å². The minimum Gasteiger partial charge on any atom is -0.359 e. The second-order valence-corrected chi connectivity index (χ2v) is 4.63. The quantitative estimate of drug-likeness (QED) is 0.777. The zero-order valence-electron chi connectivity index (χ0n) is 9.19. The fourth-order valence-corrected chi connectivity index (χ4v) is 2.30. The lowest BCUT2D eigenvalue weighted by Gasteiger charge is -2.08. The first-order valence-corrected chi connectivity index (χ1v) is 6.12. The van der Waals surface area contributed by atoms with Gasteiger partial charge in [-0.15, -0.1) is 11.8 Å². The fraction of sp³-hybridized carbons (Fsp3) is 0.417. The Hall–Kier alpha value is -0.960. The van der Waals surface area contributed by atoms with E-state index in [1.807, 2.05) is 25.1 Å². The first kappa shape index (κ1) is 12.1. The molecule has 82 valence electrons. The van der Waals surface area contributed by atoms with Gasteiger partial charge in [-0.1, -0.05) is 25.1 Å². The Morgan fingerprint density at radius 3 is 2.67 bits per heavy atom. The predicted molar refractivity (Wildman–Crippen MR) is 65.0 cm³/mol. The maximum Gasteiger partial charge on any atom is 0.222 e. The molecule has 1 N–H and O–H groups in total. The SMILES string of the molecule is CNC(=O)C(C)CCSc1ccccc1. The van der Waals surface area contributed by atoms with Gasteiger partial charge in [-0.25, -0.2) is 0 Å². The lowest BCUT2D eigenvalue weighted by molar-refractivity contribution is -0.124. The highest BCUT2D eigenvalue weighted by Crippen LogP contribution is 2.19. The molecule has 0 aliphatic carbocycles. The average molecular weight is 223 g/mol. The number of hydrogen-bond acceptors (Lipinski definition) is 2. The van der Waals surface area contributed by atoms with Crippen LogP contribution in [0.15, 0.2) is 35.2 Å². The normalized spacial score (nSPS) is 12.1. The summed E-state index contributed by atoms with van der Waals surface area (Å²) >= 11 is 1.80. The van der Waals surface area contributed by atoms with Crippen LogP contribution < -0.4 is 5.32 Å². The molecular weight excluding hydrogens is 206 g/mol. The highest BCUT2D eigenvalue weighted by atomic mass is 32.2. The summed E-state index contributed by atoms with van der Waals surface area (Å²) in [6, 6.07) is 10.3. The van der Waals surface area contributed by atoms with Crippen molar-refractivity contribution >= 4 is 17.7 Å². The molecule has 1 aromatic rings. The van der Waals surface area contributed by atoms with Crippen LogP contribution in [0.1, 0.15) is 13.3 Å². The van der Waals surface area contributed by atoms with Crippen molar-refractivity contribution in [3.8, 4) is 0 Å². The number of hydrogen-bond donors (Lipinski definition) is 1. The standard InChI is InChI=1S/C12H17NOS/c1-10(12(14)13-2)8-9-15-11-6-4-3-5-7-11/h3-7,10H,8-9H2,1-2H3,(H,13,14). The molecule has 0 fully saturated rings. The van der Waals surface area contributed by atoms with E-state index in [1.54, 1.807) is 18.8 Å². The maximum atomic E-state index is 11.2. The molecule has 0 aliphatic rings. The molecule has 3 heteroatoms. The molecule has 0 aromatic heterocycles. The van der Waals surface area contributed by atoms with E-state index in [4.69, 9.17) is 0 Å². The summed E-state index contributed by atoms with van der Waals surface area (Å²) in [6.45, 7) is 1.96. The van der Waals surface area contributed by atoms with Gasteiger partial charge < -0.3 is 5.32 Å². The number of carbonyl (C=O) groups excluding carboxylic acids is 1. The summed E-state index contributed by atoms with van der Waals surface area (Å²) in [5.74, 6) is 1.22. The van der Waals surface area contributed by atoms with E-state index in [0.29, 0.717) is 0 Å². The maximum absolute atomic E-state index is 11.2. The van der Waals surface area contributed by atoms with E-state index in [-0.39, 0.29) is 11.8 Å². The molecule has 0 heterocycles. The van der Waals surface area contributed by atoms with Crippen molar-refractivity contribution in [3.05, 3.63) is 30.3 Å². The van der Waals surface area contributed by atoms with E-state index in [2.05, 4.69) is 17.4 Å². The van der Waals surface area contributed by atoms with Crippen molar-refractivity contribution < 1.29 is 4.79 Å². The summed E-state index contributed by atoms with van der Waals surface area (Å²) in [6.07, 6.45) is 0.916. The molecule has 0 saturated carbocycles. The lowest BCUT2D eigenvalue weighted by atomic mass is 10.1. The Morgan fingerprint density at radius 1 is 1.40 bits per heavy atom. The van der Waals surface area contributed by atoms with Gasteiger partial charge in [0.1, 0.15) is 0 Å². The highest BCUT2D eigenvalue weighted by molar-refractivity contribution is 7.99. The lowest BCUT2D eigenvalue weighted by Crippen LogP contribution is -2.25. The third kappa shape index (κ3) is 4.38. The summed E-state index contributed by atoms with van der Waals surface area (Å²) in [5.41, 5.74) is 0. The Labute approximate surface area is 95.5 Å². The number of nitrogens with one attached hydrogen (secondary N) is 1. The second-order valence-electron chi connectivity index (χ2n) is 3.47. The zero-order valence-corrected chi connectivity index (χ0v) is 10.0. The Morgan fingerprint density at radius 2 is 2.07 bits per heavy atom. The molecule has 0 spiro atoms. The third-order valence-corrected chi connectivity index (χ3v) is 3.30. The average Bonchev–Trinajstić information content (AvgIpc) is 2.29. The molecule has 1 unspecified atom stereocenters. The van der Waals surface area contributed by atoms with Crippen LogP contribution in [0.3, 0.4) is 0 Å². The van der Waals surface area contributed by atoms with E-state index < -0.39 is 0 Å². The van der Waals surface area contributed by atoms with Crippen molar-refractivity contribution in [1.29, 1.82) is 0 Å². The topological polar surface area (TPSA) is 29.1 Å². The number of rotatable bonds is 5. The molecule has 2 nitrogen and oxygen atoms in total. The van der Waals surface area contributed by atoms with Gasteiger partial charge in [0.05, 0.1) is 0 Å². The van der Waals surface area contributed by atoms with Crippen molar-refractivity contribution in [2.24, 2.45) is 5.92 Å². The molecule has 1 aromatic carbocycles. The number of amides is 1. The van der Waals surface area contributed by atoms with Crippen molar-refractivity contribution in [3.63, 3.8) is 0 Å². The Bertz CT molecular complexity index is 300. The molecule has 1 atom stereocenters. The van der Waals surface area contributed by atoms with Crippen LogP contribution in [0.5, 0.6) is 0 Å². The number of benzene rings is 1. The molecule has 0 radical (unpaired) electrons. The predicted octanol–water partition coefficient (Wildman–Crippen LogP) is 2.55. The fourth-order valence-electron chi connectivity index (χ4n) is 1.25. The summed E-state index contributed by atoms with van der Waals surface area (Å²) < 4.78 is 0. The monoisotopic (exact) mass is 223 g/mol. The minimum absolute atomic E-state index is 0.103. The molecule has 0 aliphatic heterocycles. The van der Waals surface area contributed by atoms with Crippen LogP contribution >= 0.6 is 11.8 Å². The van der Waals surface area contributed by atoms with Crippen LogP contribution in [0, 0.1) is 5.92 Å². The summed E-state index contributed by atoms with van der Waals surface area (Å²) in [5, 5.41) is 2.67. The van der Waals surface area contributed by atoms with Gasteiger partial charge in [0, 0.05) is 17.9 Å². The highest BCUT2D eigenvalue weighted by Gasteiger charge is 2.09. The van der Waals surface area contributed by atoms with Crippen LogP contribution in [0.25, 0.3) is 0 Å². The molecular formula is C12H17NOS. The van der Waals surface area contributed by atoms with Crippen molar-refractivity contribution in [2.45, 2.75) is 18.2 Å². The zero-order chi connectivity index (χ0) is 11.1. The minimum atomic E-state index is 0.103. The van der Waals surface area contributed by atoms with Gasteiger partial charge in [-0.05, 0) is 24.3 Å². The van der Waals surface area contributed by atoms with Crippen LogP contribution in [0.2, 0.25) is 0 Å². The van der Waals surface area contributed by atoms with E-state index in [1.165, 1.54) is 4.90 Å². The van der Waals surface area contributed by atoms with Gasteiger partial charge in [0.25, 0.3) is 0 Å². The van der Waals surface area contributed by atoms with Crippen LogP contribution in [-0.2, 0) is 4.79 Å².